The summed E-state index contributed by atoms with van der Waals surface area (Å²) in [6.07, 6.45) is 1.15. The number of nitrogens with zero attached hydrogens (tertiary/aromatic N) is 2. The van der Waals surface area contributed by atoms with Gasteiger partial charge in [-0.05, 0) is 30.3 Å². The molecular formula is C16H11ClFN3O2. The minimum absolute atomic E-state index is 0.0334. The number of hydrogen-bond acceptors (Lipinski definition) is 3. The van der Waals surface area contributed by atoms with E-state index in [-0.39, 0.29) is 12.2 Å². The van der Waals surface area contributed by atoms with Gasteiger partial charge in [-0.25, -0.2) is 9.37 Å². The van der Waals surface area contributed by atoms with Crippen molar-refractivity contribution in [3.8, 4) is 0 Å². The summed E-state index contributed by atoms with van der Waals surface area (Å²) in [4.78, 5) is 28.1. The van der Waals surface area contributed by atoms with E-state index in [0.29, 0.717) is 16.1 Å². The Kier molecular flexibility index (Phi) is 4.08. The molecule has 0 saturated carbocycles. The quantitative estimate of drug-likeness (QED) is 0.802. The number of amides is 1. The molecule has 1 amide bonds. The zero-order valence-electron chi connectivity index (χ0n) is 11.8. The lowest BCUT2D eigenvalue weighted by molar-refractivity contribution is -0.116. The Hall–Kier alpha value is -2.73. The molecule has 0 aliphatic heterocycles. The summed E-state index contributed by atoms with van der Waals surface area (Å²) in [5.74, 6) is -1.14. The molecule has 3 rings (SSSR count). The van der Waals surface area contributed by atoms with Gasteiger partial charge in [-0.1, -0.05) is 23.7 Å². The maximum atomic E-state index is 13.6. The number of fused-ring (bicyclic) bond motifs is 1. The fourth-order valence-corrected chi connectivity index (χ4v) is 2.38. The summed E-state index contributed by atoms with van der Waals surface area (Å²) < 4.78 is 14.9. The summed E-state index contributed by atoms with van der Waals surface area (Å²) in [7, 11) is 0. The topological polar surface area (TPSA) is 64.0 Å². The molecular weight excluding hydrogens is 321 g/mol. The predicted octanol–water partition coefficient (Wildman–Crippen LogP) is 2.83. The van der Waals surface area contributed by atoms with E-state index >= 15 is 0 Å². The highest BCUT2D eigenvalue weighted by molar-refractivity contribution is 6.30. The molecule has 1 N–H and O–H groups in total. The van der Waals surface area contributed by atoms with E-state index < -0.39 is 17.3 Å². The lowest BCUT2D eigenvalue weighted by Gasteiger charge is -2.10. The molecule has 116 valence electrons. The first-order valence-electron chi connectivity index (χ1n) is 6.74. The second kappa shape index (κ2) is 6.18. The Morgan fingerprint density at radius 3 is 2.87 bits per heavy atom. The molecule has 7 heteroatoms. The van der Waals surface area contributed by atoms with Crippen LogP contribution in [0.25, 0.3) is 11.0 Å². The maximum Gasteiger partial charge on any atom is 0.269 e. The largest absolute Gasteiger partial charge is 0.322 e. The van der Waals surface area contributed by atoms with Gasteiger partial charge in [0.25, 0.3) is 5.56 Å². The third-order valence-corrected chi connectivity index (χ3v) is 3.49. The minimum Gasteiger partial charge on any atom is -0.322 e. The smallest absolute Gasteiger partial charge is 0.269 e. The zero-order chi connectivity index (χ0) is 16.4. The van der Waals surface area contributed by atoms with Crippen molar-refractivity contribution in [3.63, 3.8) is 0 Å². The molecule has 0 aliphatic carbocycles. The number of rotatable bonds is 3. The van der Waals surface area contributed by atoms with Crippen LogP contribution in [-0.2, 0) is 11.3 Å². The van der Waals surface area contributed by atoms with Crippen molar-refractivity contribution in [2.75, 3.05) is 5.32 Å². The number of nitrogens with one attached hydrogen (secondary N) is 1. The molecule has 0 aliphatic rings. The SMILES string of the molecule is O=C(Cn1c(=O)cnc2ccccc21)Nc1cc(Cl)ccc1F. The van der Waals surface area contributed by atoms with Gasteiger partial charge in [0.05, 0.1) is 22.9 Å². The van der Waals surface area contributed by atoms with Crippen LogP contribution in [0.1, 0.15) is 0 Å². The number of aromatic nitrogens is 2. The Labute approximate surface area is 135 Å². The predicted molar refractivity (Wildman–Crippen MR) is 86.0 cm³/mol. The summed E-state index contributed by atoms with van der Waals surface area (Å²) in [6.45, 7) is -0.256. The monoisotopic (exact) mass is 331 g/mol. The molecule has 3 aromatic rings. The molecule has 2 aromatic carbocycles. The van der Waals surface area contributed by atoms with E-state index in [1.54, 1.807) is 24.3 Å². The number of hydrogen-bond donors (Lipinski definition) is 1. The van der Waals surface area contributed by atoms with Crippen LogP contribution in [0.2, 0.25) is 5.02 Å². The number of carbonyl (C=O) groups excluding carboxylic acids is 1. The van der Waals surface area contributed by atoms with Crippen LogP contribution in [0.3, 0.4) is 0 Å². The number of anilines is 1. The number of benzene rings is 2. The van der Waals surface area contributed by atoms with Gasteiger partial charge < -0.3 is 5.32 Å². The highest BCUT2D eigenvalue weighted by Crippen LogP contribution is 2.19. The lowest BCUT2D eigenvalue weighted by atomic mass is 10.3. The van der Waals surface area contributed by atoms with E-state index in [2.05, 4.69) is 10.3 Å². The molecule has 23 heavy (non-hydrogen) atoms. The average molecular weight is 332 g/mol. The molecule has 0 fully saturated rings. The van der Waals surface area contributed by atoms with Crippen LogP contribution in [0, 0.1) is 5.82 Å². The first kappa shape index (κ1) is 15.2. The third kappa shape index (κ3) is 3.22. The Balaban J connectivity index is 1.90. The first-order valence-corrected chi connectivity index (χ1v) is 7.12. The molecule has 0 spiro atoms. The van der Waals surface area contributed by atoms with Crippen molar-refractivity contribution in [1.82, 2.24) is 9.55 Å². The fraction of sp³-hybridized carbons (Fsp3) is 0.0625. The Morgan fingerprint density at radius 1 is 1.26 bits per heavy atom. The summed E-state index contributed by atoms with van der Waals surface area (Å²) in [5.41, 5.74) is 0.676. The van der Waals surface area contributed by atoms with Crippen molar-refractivity contribution in [2.24, 2.45) is 0 Å². The second-order valence-corrected chi connectivity index (χ2v) is 5.28. The Morgan fingerprint density at radius 2 is 2.04 bits per heavy atom. The van der Waals surface area contributed by atoms with Crippen LogP contribution in [0.15, 0.2) is 53.5 Å². The van der Waals surface area contributed by atoms with Gasteiger partial charge in [0, 0.05) is 5.02 Å². The van der Waals surface area contributed by atoms with Crippen LogP contribution in [-0.4, -0.2) is 15.5 Å². The molecule has 0 unspecified atom stereocenters. The van der Waals surface area contributed by atoms with E-state index in [4.69, 9.17) is 11.6 Å². The summed E-state index contributed by atoms with van der Waals surface area (Å²) in [6, 6.07) is 10.8. The second-order valence-electron chi connectivity index (χ2n) is 4.84. The summed E-state index contributed by atoms with van der Waals surface area (Å²) in [5, 5.41) is 2.71. The van der Waals surface area contributed by atoms with Gasteiger partial charge in [-0.3, -0.25) is 14.2 Å². The van der Waals surface area contributed by atoms with Crippen molar-refractivity contribution < 1.29 is 9.18 Å². The van der Waals surface area contributed by atoms with Crippen LogP contribution >= 0.6 is 11.6 Å². The van der Waals surface area contributed by atoms with Crippen LogP contribution in [0.4, 0.5) is 10.1 Å². The van der Waals surface area contributed by atoms with Gasteiger partial charge in [0.2, 0.25) is 5.91 Å². The molecule has 1 heterocycles. The highest BCUT2D eigenvalue weighted by atomic mass is 35.5. The average Bonchev–Trinajstić information content (AvgIpc) is 2.54. The van der Waals surface area contributed by atoms with Crippen molar-refractivity contribution in [2.45, 2.75) is 6.54 Å². The first-order chi connectivity index (χ1) is 11.0. The number of halogens is 2. The van der Waals surface area contributed by atoms with E-state index in [9.17, 15) is 14.0 Å². The standard InChI is InChI=1S/C16H11ClFN3O2/c17-10-5-6-11(18)13(7-10)20-15(22)9-21-14-4-2-1-3-12(14)19-8-16(21)23/h1-8H,9H2,(H,20,22). The van der Waals surface area contributed by atoms with E-state index in [1.807, 2.05) is 0 Å². The molecule has 1 aromatic heterocycles. The van der Waals surface area contributed by atoms with Crippen molar-refractivity contribution in [3.05, 3.63) is 69.9 Å². The fourth-order valence-electron chi connectivity index (χ4n) is 2.20. The lowest BCUT2D eigenvalue weighted by Crippen LogP contribution is -2.28. The van der Waals surface area contributed by atoms with Crippen LogP contribution in [0.5, 0.6) is 0 Å². The molecule has 0 atom stereocenters. The van der Waals surface area contributed by atoms with Gasteiger partial charge in [-0.15, -0.1) is 0 Å². The maximum absolute atomic E-state index is 13.6. The molecule has 0 bridgehead atoms. The van der Waals surface area contributed by atoms with Crippen molar-refractivity contribution >= 4 is 34.2 Å². The van der Waals surface area contributed by atoms with Crippen LogP contribution < -0.4 is 10.9 Å². The highest BCUT2D eigenvalue weighted by Gasteiger charge is 2.11. The van der Waals surface area contributed by atoms with Gasteiger partial charge in [0.1, 0.15) is 12.4 Å². The summed E-state index contributed by atoms with van der Waals surface area (Å²) >= 11 is 5.78. The third-order valence-electron chi connectivity index (χ3n) is 3.26. The molecule has 0 saturated heterocycles. The normalized spacial score (nSPS) is 10.7. The number of para-hydroxylation sites is 2. The Bertz CT molecular complexity index is 955. The molecule has 5 nitrogen and oxygen atoms in total. The minimum atomic E-state index is -0.602. The van der Waals surface area contributed by atoms with Gasteiger partial charge in [-0.2, -0.15) is 0 Å². The molecule has 0 radical (unpaired) electrons. The van der Waals surface area contributed by atoms with Crippen molar-refractivity contribution in [1.29, 1.82) is 0 Å². The number of carbonyl (C=O) groups is 1. The van der Waals surface area contributed by atoms with Gasteiger partial charge >= 0.3 is 0 Å². The zero-order valence-corrected chi connectivity index (χ0v) is 12.5. The van der Waals surface area contributed by atoms with E-state index in [0.717, 1.165) is 12.3 Å². The van der Waals surface area contributed by atoms with E-state index in [1.165, 1.54) is 16.7 Å². The van der Waals surface area contributed by atoms with Gasteiger partial charge in [0.15, 0.2) is 0 Å².